The van der Waals surface area contributed by atoms with Crippen LogP contribution in [-0.4, -0.2) is 11.1 Å². The third-order valence-electron chi connectivity index (χ3n) is 3.06. The summed E-state index contributed by atoms with van der Waals surface area (Å²) in [5.74, 6) is -0.790. The van der Waals surface area contributed by atoms with Crippen molar-refractivity contribution in [3.8, 4) is 0 Å². The van der Waals surface area contributed by atoms with E-state index in [1.807, 2.05) is 29.6 Å². The van der Waals surface area contributed by atoms with Gasteiger partial charge in [0.25, 0.3) is 0 Å². The van der Waals surface area contributed by atoms with Crippen LogP contribution in [0.5, 0.6) is 0 Å². The van der Waals surface area contributed by atoms with E-state index in [1.165, 1.54) is 5.56 Å². The van der Waals surface area contributed by atoms with Gasteiger partial charge >= 0.3 is 5.97 Å². The lowest BCUT2D eigenvalue weighted by Crippen LogP contribution is -2.06. The van der Waals surface area contributed by atoms with Crippen LogP contribution in [0.2, 0.25) is 0 Å². The van der Waals surface area contributed by atoms with Gasteiger partial charge in [-0.3, -0.25) is 4.79 Å². The van der Waals surface area contributed by atoms with E-state index in [0.29, 0.717) is 0 Å². The molecule has 0 radical (unpaired) electrons. The Hall–Kier alpha value is -1.61. The van der Waals surface area contributed by atoms with Crippen molar-refractivity contribution in [1.29, 1.82) is 0 Å². The fraction of sp³-hybridized carbons (Fsp3) is 0.267. The summed E-state index contributed by atoms with van der Waals surface area (Å²) in [7, 11) is 0. The number of aliphatic carboxylic acids is 1. The van der Waals surface area contributed by atoms with Crippen molar-refractivity contribution < 1.29 is 9.90 Å². The number of hydrogen-bond acceptors (Lipinski definition) is 2. The first-order valence-corrected chi connectivity index (χ1v) is 6.92. The van der Waals surface area contributed by atoms with E-state index in [1.54, 1.807) is 11.3 Å². The maximum absolute atomic E-state index is 11.0. The van der Waals surface area contributed by atoms with E-state index in [0.717, 1.165) is 16.9 Å². The van der Waals surface area contributed by atoms with Crippen molar-refractivity contribution in [2.75, 3.05) is 0 Å². The van der Waals surface area contributed by atoms with E-state index in [9.17, 15) is 4.79 Å². The van der Waals surface area contributed by atoms with Crippen LogP contribution in [0.4, 0.5) is 0 Å². The first kappa shape index (κ1) is 12.8. The molecule has 1 N–H and O–H groups in total. The molecule has 1 aromatic carbocycles. The highest BCUT2D eigenvalue weighted by Gasteiger charge is 2.18. The van der Waals surface area contributed by atoms with Gasteiger partial charge in [-0.15, -0.1) is 11.3 Å². The molecule has 1 atom stereocenters. The molecule has 18 heavy (non-hydrogen) atoms. The van der Waals surface area contributed by atoms with Gasteiger partial charge in [-0.05, 0) is 29.0 Å². The second-order valence-corrected chi connectivity index (χ2v) is 5.24. The van der Waals surface area contributed by atoms with E-state index in [2.05, 4.69) is 19.1 Å². The fourth-order valence-corrected chi connectivity index (χ4v) is 2.89. The molecule has 0 saturated carbocycles. The highest BCUT2D eigenvalue weighted by Crippen LogP contribution is 2.31. The minimum Gasteiger partial charge on any atom is -0.481 e. The largest absolute Gasteiger partial charge is 0.481 e. The maximum Gasteiger partial charge on any atom is 0.304 e. The van der Waals surface area contributed by atoms with Crippen LogP contribution in [0, 0.1) is 0 Å². The number of carboxylic acid groups (broad SMARTS) is 1. The molecule has 0 bridgehead atoms. The molecule has 0 spiro atoms. The van der Waals surface area contributed by atoms with Crippen LogP contribution in [0.25, 0.3) is 0 Å². The van der Waals surface area contributed by atoms with Crippen LogP contribution in [0.15, 0.2) is 41.8 Å². The van der Waals surface area contributed by atoms with Crippen LogP contribution >= 0.6 is 11.3 Å². The van der Waals surface area contributed by atoms with Crippen LogP contribution in [0.3, 0.4) is 0 Å². The zero-order chi connectivity index (χ0) is 13.0. The predicted octanol–water partition coefficient (Wildman–Crippen LogP) is 3.92. The highest BCUT2D eigenvalue weighted by molar-refractivity contribution is 7.10. The number of aryl methyl sites for hydroxylation is 1. The molecule has 0 amide bonds. The Balaban J connectivity index is 2.30. The summed E-state index contributed by atoms with van der Waals surface area (Å²) in [4.78, 5) is 12.1. The van der Waals surface area contributed by atoms with Gasteiger partial charge < -0.3 is 5.11 Å². The van der Waals surface area contributed by atoms with Crippen LogP contribution in [-0.2, 0) is 11.2 Å². The molecule has 0 aliphatic heterocycles. The predicted molar refractivity (Wildman–Crippen MR) is 74.2 cm³/mol. The normalized spacial score (nSPS) is 12.3. The Kier molecular flexibility index (Phi) is 4.15. The summed E-state index contributed by atoms with van der Waals surface area (Å²) in [5.41, 5.74) is 2.36. The maximum atomic E-state index is 11.0. The number of hydrogen-bond donors (Lipinski definition) is 1. The van der Waals surface area contributed by atoms with Crippen molar-refractivity contribution in [3.63, 3.8) is 0 Å². The summed E-state index contributed by atoms with van der Waals surface area (Å²) in [5, 5.41) is 11.0. The SMILES string of the molecule is CCc1ccc(C(CC(=O)O)c2cccs2)cc1. The monoisotopic (exact) mass is 260 g/mol. The molecule has 0 aliphatic carbocycles. The van der Waals surface area contributed by atoms with Gasteiger partial charge in [0.1, 0.15) is 0 Å². The third-order valence-corrected chi connectivity index (χ3v) is 4.04. The fourth-order valence-electron chi connectivity index (χ4n) is 2.03. The zero-order valence-electron chi connectivity index (χ0n) is 10.3. The lowest BCUT2D eigenvalue weighted by atomic mass is 9.93. The zero-order valence-corrected chi connectivity index (χ0v) is 11.1. The van der Waals surface area contributed by atoms with Gasteiger partial charge in [0.05, 0.1) is 6.42 Å². The van der Waals surface area contributed by atoms with Crippen molar-refractivity contribution >= 4 is 17.3 Å². The Morgan fingerprint density at radius 2 is 2.00 bits per heavy atom. The van der Waals surface area contributed by atoms with Crippen molar-refractivity contribution in [1.82, 2.24) is 0 Å². The van der Waals surface area contributed by atoms with Crippen LogP contribution in [0.1, 0.15) is 35.3 Å². The number of carbonyl (C=O) groups is 1. The molecule has 1 unspecified atom stereocenters. The Morgan fingerprint density at radius 1 is 1.28 bits per heavy atom. The van der Waals surface area contributed by atoms with E-state index in [-0.39, 0.29) is 12.3 Å². The standard InChI is InChI=1S/C15H16O2S/c1-2-11-5-7-12(8-6-11)13(10-15(16)17)14-4-3-9-18-14/h3-9,13H,2,10H2,1H3,(H,16,17). The molecule has 94 valence electrons. The van der Waals surface area contributed by atoms with E-state index in [4.69, 9.17) is 5.11 Å². The first-order valence-electron chi connectivity index (χ1n) is 6.04. The molecule has 2 nitrogen and oxygen atoms in total. The second-order valence-electron chi connectivity index (χ2n) is 4.26. The average Bonchev–Trinajstić information content (AvgIpc) is 2.89. The Morgan fingerprint density at radius 3 is 2.50 bits per heavy atom. The Bertz CT molecular complexity index is 500. The molecule has 3 heteroatoms. The minimum absolute atomic E-state index is 0.0339. The topological polar surface area (TPSA) is 37.3 Å². The van der Waals surface area contributed by atoms with Gasteiger partial charge in [0.2, 0.25) is 0 Å². The first-order chi connectivity index (χ1) is 8.70. The molecule has 0 fully saturated rings. The number of carboxylic acids is 1. The lowest BCUT2D eigenvalue weighted by molar-refractivity contribution is -0.137. The molecule has 1 aromatic heterocycles. The van der Waals surface area contributed by atoms with E-state index < -0.39 is 5.97 Å². The van der Waals surface area contributed by atoms with E-state index >= 15 is 0 Å². The van der Waals surface area contributed by atoms with Gasteiger partial charge in [0, 0.05) is 10.8 Å². The highest BCUT2D eigenvalue weighted by atomic mass is 32.1. The van der Waals surface area contributed by atoms with Gasteiger partial charge in [-0.25, -0.2) is 0 Å². The second kappa shape index (κ2) is 5.83. The summed E-state index contributed by atoms with van der Waals surface area (Å²) in [6, 6.07) is 12.2. The quantitative estimate of drug-likeness (QED) is 0.884. The number of benzene rings is 1. The summed E-state index contributed by atoms with van der Waals surface area (Å²) in [6.45, 7) is 2.11. The molecular formula is C15H16O2S. The summed E-state index contributed by atoms with van der Waals surface area (Å²) < 4.78 is 0. The summed E-state index contributed by atoms with van der Waals surface area (Å²) >= 11 is 1.61. The van der Waals surface area contributed by atoms with Crippen molar-refractivity contribution in [2.45, 2.75) is 25.7 Å². The number of thiophene rings is 1. The van der Waals surface area contributed by atoms with Crippen molar-refractivity contribution in [2.24, 2.45) is 0 Å². The minimum atomic E-state index is -0.757. The molecule has 0 aliphatic rings. The lowest BCUT2D eigenvalue weighted by Gasteiger charge is -2.14. The third kappa shape index (κ3) is 2.99. The molecular weight excluding hydrogens is 244 g/mol. The van der Waals surface area contributed by atoms with Gasteiger partial charge in [0.15, 0.2) is 0 Å². The van der Waals surface area contributed by atoms with Gasteiger partial charge in [-0.2, -0.15) is 0 Å². The van der Waals surface area contributed by atoms with Crippen molar-refractivity contribution in [3.05, 3.63) is 57.8 Å². The molecule has 1 heterocycles. The molecule has 0 saturated heterocycles. The molecule has 2 rings (SSSR count). The van der Waals surface area contributed by atoms with Gasteiger partial charge in [-0.1, -0.05) is 37.3 Å². The number of rotatable bonds is 5. The molecule has 2 aromatic rings. The van der Waals surface area contributed by atoms with Crippen LogP contribution < -0.4 is 0 Å². The average molecular weight is 260 g/mol. The summed E-state index contributed by atoms with van der Waals surface area (Å²) in [6.07, 6.45) is 1.15. The Labute approximate surface area is 111 Å². The smallest absolute Gasteiger partial charge is 0.304 e.